The SMILES string of the molecule is CCCCCCCCCCCCOS(=O)(=O)O.O=S(=O)(O)O.[H-].[Na+].[Zr]. The largest absolute Gasteiger partial charge is 1.00 e. The van der Waals surface area contributed by atoms with Gasteiger partial charge in [0.15, 0.2) is 0 Å². The van der Waals surface area contributed by atoms with E-state index in [2.05, 4.69) is 11.1 Å². The van der Waals surface area contributed by atoms with Crippen molar-refractivity contribution in [3.8, 4) is 0 Å². The molecule has 0 aromatic carbocycles. The van der Waals surface area contributed by atoms with E-state index in [4.69, 9.17) is 22.1 Å². The van der Waals surface area contributed by atoms with Crippen LogP contribution in [0.1, 0.15) is 72.6 Å². The second-order valence-corrected chi connectivity index (χ2v) is 6.87. The van der Waals surface area contributed by atoms with Crippen LogP contribution in [0.2, 0.25) is 0 Å². The molecule has 0 spiro atoms. The molecule has 142 valence electrons. The van der Waals surface area contributed by atoms with Crippen LogP contribution in [-0.2, 0) is 51.2 Å². The molecule has 24 heavy (non-hydrogen) atoms. The smallest absolute Gasteiger partial charge is 1.00 e. The summed E-state index contributed by atoms with van der Waals surface area (Å²) in [6.07, 6.45) is 11.9. The van der Waals surface area contributed by atoms with Gasteiger partial charge in [0.25, 0.3) is 0 Å². The van der Waals surface area contributed by atoms with E-state index in [0.29, 0.717) is 6.42 Å². The van der Waals surface area contributed by atoms with Crippen LogP contribution in [0.25, 0.3) is 0 Å². The number of hydrogen-bond donors (Lipinski definition) is 3. The summed E-state index contributed by atoms with van der Waals surface area (Å²) in [7, 11) is -8.90. The molecule has 8 nitrogen and oxygen atoms in total. The van der Waals surface area contributed by atoms with Gasteiger partial charge in [-0.2, -0.15) is 16.8 Å². The fourth-order valence-corrected chi connectivity index (χ4v) is 2.08. The predicted octanol–water partition coefficient (Wildman–Crippen LogP) is 0.188. The summed E-state index contributed by atoms with van der Waals surface area (Å²) in [6, 6.07) is 0. The van der Waals surface area contributed by atoms with Gasteiger partial charge in [0.2, 0.25) is 0 Å². The minimum Gasteiger partial charge on any atom is -1.00 e. The Morgan fingerprint density at radius 3 is 1.33 bits per heavy atom. The zero-order valence-corrected chi connectivity index (χ0v) is 20.6. The predicted molar refractivity (Wildman–Crippen MR) is 84.6 cm³/mol. The summed E-state index contributed by atoms with van der Waals surface area (Å²) in [5, 5.41) is 0. The Hall–Kier alpha value is 1.62. The van der Waals surface area contributed by atoms with Crippen LogP contribution in [0.5, 0.6) is 0 Å². The Kier molecular flexibility index (Phi) is 29.0. The third-order valence-corrected chi connectivity index (χ3v) is 3.19. The molecule has 12 heteroatoms. The van der Waals surface area contributed by atoms with Crippen LogP contribution in [0.15, 0.2) is 0 Å². The fourth-order valence-electron chi connectivity index (χ4n) is 1.75. The Morgan fingerprint density at radius 2 is 1.04 bits per heavy atom. The molecule has 0 saturated heterocycles. The Balaban J connectivity index is -0.000000147. The molecular formula is C12H29NaO8S2Zr. The van der Waals surface area contributed by atoms with Gasteiger partial charge < -0.3 is 1.43 Å². The molecule has 0 aromatic rings. The molecule has 0 aliphatic rings. The fraction of sp³-hybridized carbons (Fsp3) is 1.00. The molecule has 0 saturated carbocycles. The van der Waals surface area contributed by atoms with Gasteiger partial charge in [-0.1, -0.05) is 64.7 Å². The first kappa shape index (κ1) is 33.2. The van der Waals surface area contributed by atoms with Crippen molar-refractivity contribution in [2.24, 2.45) is 0 Å². The molecule has 0 rings (SSSR count). The molecule has 0 aliphatic heterocycles. The van der Waals surface area contributed by atoms with Crippen molar-refractivity contribution in [1.29, 1.82) is 0 Å². The van der Waals surface area contributed by atoms with Gasteiger partial charge in [0.1, 0.15) is 0 Å². The van der Waals surface area contributed by atoms with E-state index < -0.39 is 20.8 Å². The van der Waals surface area contributed by atoms with Gasteiger partial charge in [-0.15, -0.1) is 0 Å². The van der Waals surface area contributed by atoms with Crippen LogP contribution in [0.4, 0.5) is 0 Å². The molecule has 0 atom stereocenters. The van der Waals surface area contributed by atoms with E-state index in [1.165, 1.54) is 44.9 Å². The minimum atomic E-state index is -4.67. The monoisotopic (exact) mass is 478 g/mol. The molecular weight excluding hydrogens is 450 g/mol. The summed E-state index contributed by atoms with van der Waals surface area (Å²) < 4.78 is 64.6. The zero-order valence-electron chi connectivity index (χ0n) is 15.5. The normalized spacial score (nSPS) is 10.8. The van der Waals surface area contributed by atoms with E-state index in [0.717, 1.165) is 12.8 Å². The number of rotatable bonds is 12. The molecule has 0 amide bonds. The molecule has 0 unspecified atom stereocenters. The van der Waals surface area contributed by atoms with Crippen LogP contribution in [-0.4, -0.2) is 37.1 Å². The van der Waals surface area contributed by atoms with Crippen molar-refractivity contribution in [2.45, 2.75) is 71.1 Å². The summed E-state index contributed by atoms with van der Waals surface area (Å²) in [4.78, 5) is 0. The topological polar surface area (TPSA) is 138 Å². The van der Waals surface area contributed by atoms with E-state index in [1.54, 1.807) is 0 Å². The van der Waals surface area contributed by atoms with Gasteiger partial charge in [-0.3, -0.25) is 13.7 Å². The molecule has 0 aromatic heterocycles. The van der Waals surface area contributed by atoms with Crippen LogP contribution in [0.3, 0.4) is 0 Å². The third-order valence-electron chi connectivity index (χ3n) is 2.73. The second kappa shape index (κ2) is 20.9. The molecule has 0 radical (unpaired) electrons. The maximum Gasteiger partial charge on any atom is 1.00 e. The second-order valence-electron chi connectivity index (χ2n) is 4.88. The standard InChI is InChI=1S/C12H26O4S.Na.H2O4S.Zr.H/c1-2-3-4-5-6-7-8-9-10-11-12-16-17(13,14)15;;1-5(2,3)4;;/h2-12H2,1H3,(H,13,14,15);;(H2,1,2,3,4);;/q;+1;;;-1. The molecule has 0 aliphatic carbocycles. The van der Waals surface area contributed by atoms with Gasteiger partial charge in [0.05, 0.1) is 6.61 Å². The minimum absolute atomic E-state index is 0. The van der Waals surface area contributed by atoms with Crippen molar-refractivity contribution in [1.82, 2.24) is 0 Å². The van der Waals surface area contributed by atoms with Crippen molar-refractivity contribution in [3.63, 3.8) is 0 Å². The van der Waals surface area contributed by atoms with E-state index in [1.807, 2.05) is 0 Å². The van der Waals surface area contributed by atoms with Crippen molar-refractivity contribution in [3.05, 3.63) is 0 Å². The van der Waals surface area contributed by atoms with E-state index in [9.17, 15) is 8.42 Å². The maximum absolute atomic E-state index is 10.2. The van der Waals surface area contributed by atoms with Gasteiger partial charge >= 0.3 is 50.4 Å². The maximum atomic E-state index is 10.2. The van der Waals surface area contributed by atoms with Crippen molar-refractivity contribution < 1.29 is 91.9 Å². The van der Waals surface area contributed by atoms with Crippen LogP contribution < -0.4 is 29.6 Å². The van der Waals surface area contributed by atoms with Crippen molar-refractivity contribution >= 4 is 20.8 Å². The first-order valence-electron chi connectivity index (χ1n) is 7.38. The Morgan fingerprint density at radius 1 is 0.750 bits per heavy atom. The van der Waals surface area contributed by atoms with Gasteiger partial charge in [-0.25, -0.2) is 4.18 Å². The summed E-state index contributed by atoms with van der Waals surface area (Å²) in [5.74, 6) is 0. The number of hydrogen-bond acceptors (Lipinski definition) is 5. The van der Waals surface area contributed by atoms with Crippen LogP contribution >= 0.6 is 0 Å². The average Bonchev–Trinajstić information content (AvgIpc) is 2.32. The average molecular weight is 480 g/mol. The molecule has 0 fully saturated rings. The summed E-state index contributed by atoms with van der Waals surface area (Å²) in [5.41, 5.74) is 0. The van der Waals surface area contributed by atoms with Gasteiger partial charge in [-0.05, 0) is 6.42 Å². The third kappa shape index (κ3) is 49.5. The summed E-state index contributed by atoms with van der Waals surface area (Å²) in [6.45, 7) is 2.31. The van der Waals surface area contributed by atoms with E-state index >= 15 is 0 Å². The summed E-state index contributed by atoms with van der Waals surface area (Å²) >= 11 is 0. The van der Waals surface area contributed by atoms with Crippen molar-refractivity contribution in [2.75, 3.05) is 6.61 Å². The Bertz CT molecular complexity index is 440. The quantitative estimate of drug-likeness (QED) is 0.205. The first-order chi connectivity index (χ1) is 10.1. The molecule has 0 heterocycles. The zero-order chi connectivity index (χ0) is 17.5. The van der Waals surface area contributed by atoms with E-state index in [-0.39, 0.29) is 63.8 Å². The first-order valence-corrected chi connectivity index (χ1v) is 10.1. The molecule has 0 bridgehead atoms. The Labute approximate surface area is 188 Å². The number of unbranched alkanes of at least 4 members (excludes halogenated alkanes) is 9. The van der Waals surface area contributed by atoms with Gasteiger partial charge in [0, 0.05) is 26.2 Å². The molecule has 3 N–H and O–H groups in total. The van der Waals surface area contributed by atoms with Crippen LogP contribution in [0, 0.1) is 0 Å².